The maximum absolute atomic E-state index is 13.0. The molecule has 1 unspecified atom stereocenters. The van der Waals surface area contributed by atoms with Crippen LogP contribution in [0.2, 0.25) is 0 Å². The molecule has 0 spiro atoms. The van der Waals surface area contributed by atoms with Crippen LogP contribution in [0.25, 0.3) is 5.69 Å². The number of halogens is 3. The Morgan fingerprint density at radius 2 is 2.07 bits per heavy atom. The van der Waals surface area contributed by atoms with E-state index in [4.69, 9.17) is 0 Å². The van der Waals surface area contributed by atoms with Gasteiger partial charge < -0.3 is 5.32 Å². The van der Waals surface area contributed by atoms with Gasteiger partial charge in [-0.2, -0.15) is 18.3 Å². The molecule has 1 N–H and O–H groups in total. The molecule has 1 atom stereocenters. The molecule has 0 saturated carbocycles. The summed E-state index contributed by atoms with van der Waals surface area (Å²) in [6.45, 7) is 1.92. The van der Waals surface area contributed by atoms with Crippen molar-refractivity contribution in [3.63, 3.8) is 0 Å². The Balaban J connectivity index is 1.61. The predicted octanol–water partition coefficient (Wildman–Crippen LogP) is 4.40. The highest BCUT2D eigenvalue weighted by Crippen LogP contribution is 2.32. The molecule has 2 heterocycles. The van der Waals surface area contributed by atoms with Crippen LogP contribution in [0.5, 0.6) is 0 Å². The first-order valence-electron chi connectivity index (χ1n) is 9.31. The zero-order valence-electron chi connectivity index (χ0n) is 15.7. The Morgan fingerprint density at radius 3 is 2.83 bits per heavy atom. The summed E-state index contributed by atoms with van der Waals surface area (Å²) in [5.41, 5.74) is 2.51. The number of pyridine rings is 1. The average Bonchev–Trinajstić information content (AvgIpc) is 3.13. The molecule has 1 amide bonds. The number of hydrogen-bond donors (Lipinski definition) is 1. The van der Waals surface area contributed by atoms with E-state index in [2.05, 4.69) is 15.4 Å². The van der Waals surface area contributed by atoms with Crippen molar-refractivity contribution < 1.29 is 18.0 Å². The van der Waals surface area contributed by atoms with Crippen LogP contribution in [0.4, 0.5) is 13.2 Å². The summed E-state index contributed by atoms with van der Waals surface area (Å²) in [5, 5.41) is 7.49. The zero-order valence-corrected chi connectivity index (χ0v) is 15.7. The van der Waals surface area contributed by atoms with Crippen molar-refractivity contribution in [3.05, 3.63) is 76.9 Å². The van der Waals surface area contributed by atoms with Gasteiger partial charge in [-0.05, 0) is 50.5 Å². The lowest BCUT2D eigenvalue weighted by Crippen LogP contribution is -2.30. The zero-order chi connectivity index (χ0) is 20.6. The molecular formula is C21H19F3N4O. The third-order valence-electron chi connectivity index (χ3n) is 4.99. The van der Waals surface area contributed by atoms with Crippen LogP contribution in [0.3, 0.4) is 0 Å². The largest absolute Gasteiger partial charge is 0.433 e. The number of hydrogen-bond acceptors (Lipinski definition) is 3. The first kappa shape index (κ1) is 19.2. The minimum absolute atomic E-state index is 0.178. The van der Waals surface area contributed by atoms with Gasteiger partial charge in [0.25, 0.3) is 5.91 Å². The van der Waals surface area contributed by atoms with E-state index in [-0.39, 0.29) is 17.6 Å². The van der Waals surface area contributed by atoms with E-state index in [9.17, 15) is 18.0 Å². The van der Waals surface area contributed by atoms with Crippen LogP contribution >= 0.6 is 0 Å². The Hall–Kier alpha value is -3.16. The van der Waals surface area contributed by atoms with E-state index >= 15 is 0 Å². The van der Waals surface area contributed by atoms with Gasteiger partial charge in [-0.15, -0.1) is 0 Å². The van der Waals surface area contributed by atoms with Crippen molar-refractivity contribution in [2.75, 3.05) is 0 Å². The maximum Gasteiger partial charge on any atom is 0.433 e. The van der Waals surface area contributed by atoms with Crippen LogP contribution in [0.1, 0.15) is 51.8 Å². The third kappa shape index (κ3) is 4.01. The molecule has 0 radical (unpaired) electrons. The Bertz CT molecular complexity index is 1060. The highest BCUT2D eigenvalue weighted by molar-refractivity contribution is 5.94. The summed E-state index contributed by atoms with van der Waals surface area (Å²) in [6, 6.07) is 9.54. The number of aromatic nitrogens is 3. The third-order valence-corrected chi connectivity index (χ3v) is 4.99. The predicted molar refractivity (Wildman–Crippen MR) is 101 cm³/mol. The lowest BCUT2D eigenvalue weighted by molar-refractivity contribution is -0.141. The van der Waals surface area contributed by atoms with Crippen molar-refractivity contribution in [1.29, 1.82) is 0 Å². The van der Waals surface area contributed by atoms with Gasteiger partial charge >= 0.3 is 6.18 Å². The molecule has 1 aliphatic rings. The van der Waals surface area contributed by atoms with E-state index in [0.29, 0.717) is 5.56 Å². The monoisotopic (exact) mass is 400 g/mol. The number of carbonyl (C=O) groups is 1. The number of amides is 1. The molecule has 0 saturated heterocycles. The average molecular weight is 400 g/mol. The van der Waals surface area contributed by atoms with Gasteiger partial charge in [-0.3, -0.25) is 9.78 Å². The number of alkyl halides is 3. The van der Waals surface area contributed by atoms with Gasteiger partial charge in [0, 0.05) is 23.5 Å². The van der Waals surface area contributed by atoms with Crippen molar-refractivity contribution >= 4 is 5.91 Å². The lowest BCUT2D eigenvalue weighted by Gasteiger charge is -2.22. The maximum atomic E-state index is 13.0. The highest BCUT2D eigenvalue weighted by atomic mass is 19.4. The second kappa shape index (κ2) is 7.35. The van der Waals surface area contributed by atoms with Crippen molar-refractivity contribution in [1.82, 2.24) is 20.1 Å². The minimum atomic E-state index is -4.52. The minimum Gasteiger partial charge on any atom is -0.345 e. The Kier molecular flexibility index (Phi) is 4.86. The van der Waals surface area contributed by atoms with Gasteiger partial charge in [0.1, 0.15) is 5.69 Å². The Labute approximate surface area is 165 Å². The molecule has 8 heteroatoms. The summed E-state index contributed by atoms with van der Waals surface area (Å²) in [4.78, 5) is 16.0. The molecule has 0 fully saturated rings. The molecule has 1 aliphatic carbocycles. The first-order chi connectivity index (χ1) is 13.8. The molecule has 2 aromatic heterocycles. The smallest absolute Gasteiger partial charge is 0.345 e. The standard InChI is InChI=1S/C21H19F3N4O/c1-13-4-2-5-14(10-13)20(29)26-17-6-3-7-18-16(17)12-28(27-18)15-8-9-25-19(11-15)21(22,23)24/h2,4-5,8-12,17H,3,6-7H2,1H3,(H,26,29). The fourth-order valence-electron chi connectivity index (χ4n) is 3.56. The van der Waals surface area contributed by atoms with Crippen molar-refractivity contribution in [2.45, 2.75) is 38.4 Å². The fourth-order valence-corrected chi connectivity index (χ4v) is 3.56. The van der Waals surface area contributed by atoms with E-state index in [1.807, 2.05) is 25.1 Å². The number of aryl methyl sites for hydroxylation is 2. The summed E-state index contributed by atoms with van der Waals surface area (Å²) >= 11 is 0. The van der Waals surface area contributed by atoms with E-state index in [1.54, 1.807) is 12.3 Å². The van der Waals surface area contributed by atoms with Crippen LogP contribution in [0.15, 0.2) is 48.8 Å². The normalized spacial score (nSPS) is 16.3. The summed E-state index contributed by atoms with van der Waals surface area (Å²) < 4.78 is 40.3. The number of fused-ring (bicyclic) bond motifs is 1. The quantitative estimate of drug-likeness (QED) is 0.709. The van der Waals surface area contributed by atoms with Gasteiger partial charge in [-0.25, -0.2) is 4.68 Å². The molecule has 150 valence electrons. The molecule has 0 bridgehead atoms. The number of rotatable bonds is 3. The number of nitrogens with one attached hydrogen (secondary N) is 1. The molecule has 3 aromatic rings. The fraction of sp³-hybridized carbons (Fsp3) is 0.286. The number of carbonyl (C=O) groups excluding carboxylic acids is 1. The van der Waals surface area contributed by atoms with Gasteiger partial charge in [0.2, 0.25) is 0 Å². The highest BCUT2D eigenvalue weighted by Gasteiger charge is 2.33. The van der Waals surface area contributed by atoms with Crippen molar-refractivity contribution in [3.8, 4) is 5.69 Å². The molecule has 4 rings (SSSR count). The molecular weight excluding hydrogens is 381 g/mol. The number of benzene rings is 1. The topological polar surface area (TPSA) is 59.8 Å². The Morgan fingerprint density at radius 1 is 1.24 bits per heavy atom. The van der Waals surface area contributed by atoms with Gasteiger partial charge in [-0.1, -0.05) is 17.7 Å². The van der Waals surface area contributed by atoms with E-state index in [0.717, 1.165) is 48.3 Å². The van der Waals surface area contributed by atoms with Crippen LogP contribution in [-0.4, -0.2) is 20.7 Å². The first-order valence-corrected chi connectivity index (χ1v) is 9.31. The summed E-state index contributed by atoms with van der Waals surface area (Å²) in [6.07, 6.45) is 0.609. The van der Waals surface area contributed by atoms with Crippen molar-refractivity contribution in [2.24, 2.45) is 0 Å². The van der Waals surface area contributed by atoms with Crippen LogP contribution < -0.4 is 5.32 Å². The molecule has 29 heavy (non-hydrogen) atoms. The van der Waals surface area contributed by atoms with Gasteiger partial charge in [0.15, 0.2) is 0 Å². The lowest BCUT2D eigenvalue weighted by atomic mass is 9.93. The second-order valence-electron chi connectivity index (χ2n) is 7.16. The second-order valence-corrected chi connectivity index (χ2v) is 7.16. The SMILES string of the molecule is Cc1cccc(C(=O)NC2CCCc3nn(-c4ccnc(C(F)(F)F)c4)cc32)c1. The van der Waals surface area contributed by atoms with Crippen LogP contribution in [0, 0.1) is 6.92 Å². The van der Waals surface area contributed by atoms with Gasteiger partial charge in [0.05, 0.1) is 17.4 Å². The molecule has 5 nitrogen and oxygen atoms in total. The molecule has 1 aromatic carbocycles. The molecule has 0 aliphatic heterocycles. The number of nitrogens with zero attached hydrogens (tertiary/aromatic N) is 3. The summed E-state index contributed by atoms with van der Waals surface area (Å²) in [7, 11) is 0. The van der Waals surface area contributed by atoms with Crippen LogP contribution in [-0.2, 0) is 12.6 Å². The van der Waals surface area contributed by atoms with E-state index < -0.39 is 11.9 Å². The summed E-state index contributed by atoms with van der Waals surface area (Å²) in [5.74, 6) is -0.178. The van der Waals surface area contributed by atoms with E-state index in [1.165, 1.54) is 10.7 Å².